The third-order valence-corrected chi connectivity index (χ3v) is 3.57. The van der Waals surface area contributed by atoms with Gasteiger partial charge in [-0.05, 0) is 62.2 Å². The van der Waals surface area contributed by atoms with Crippen LogP contribution in [0.25, 0.3) is 6.08 Å². The van der Waals surface area contributed by atoms with E-state index in [1.807, 2.05) is 0 Å². The van der Waals surface area contributed by atoms with Gasteiger partial charge in [-0.2, -0.15) is 0 Å². The second kappa shape index (κ2) is 6.73. The standard InChI is InChI=1S/C14H9Br2NO4/c15-10-3-1-2-9(14(19)20)13(10)17-12(18)7-5-8-4-6-11(16)21-8/h1-7H,(H,17,18)(H,19,20). The fraction of sp³-hybridized carbons (Fsp3) is 0. The summed E-state index contributed by atoms with van der Waals surface area (Å²) in [6.45, 7) is 0. The molecule has 0 aliphatic heterocycles. The van der Waals surface area contributed by atoms with Crippen LogP contribution in [0.1, 0.15) is 16.1 Å². The van der Waals surface area contributed by atoms with Gasteiger partial charge in [-0.25, -0.2) is 4.79 Å². The van der Waals surface area contributed by atoms with Crippen LogP contribution >= 0.6 is 31.9 Å². The van der Waals surface area contributed by atoms with E-state index < -0.39 is 11.9 Å². The first-order valence-corrected chi connectivity index (χ1v) is 7.32. The highest BCUT2D eigenvalue weighted by atomic mass is 79.9. The van der Waals surface area contributed by atoms with Crippen molar-refractivity contribution >= 4 is 55.5 Å². The third kappa shape index (κ3) is 4.05. The third-order valence-electron chi connectivity index (χ3n) is 2.49. The van der Waals surface area contributed by atoms with Crippen molar-refractivity contribution in [2.75, 3.05) is 5.32 Å². The van der Waals surface area contributed by atoms with E-state index in [4.69, 9.17) is 9.52 Å². The SMILES string of the molecule is O=C(C=Cc1ccc(Br)o1)Nc1c(Br)cccc1C(=O)O. The molecule has 7 heteroatoms. The highest BCUT2D eigenvalue weighted by Crippen LogP contribution is 2.26. The van der Waals surface area contributed by atoms with Gasteiger partial charge in [-0.3, -0.25) is 4.79 Å². The summed E-state index contributed by atoms with van der Waals surface area (Å²) >= 11 is 6.37. The molecule has 0 radical (unpaired) electrons. The molecule has 1 aromatic heterocycles. The maximum absolute atomic E-state index is 11.9. The molecule has 0 aliphatic rings. The van der Waals surface area contributed by atoms with Crippen LogP contribution in [-0.2, 0) is 4.79 Å². The molecule has 0 atom stereocenters. The second-order valence-corrected chi connectivity index (χ2v) is 5.57. The van der Waals surface area contributed by atoms with E-state index in [0.717, 1.165) is 0 Å². The van der Waals surface area contributed by atoms with Crippen LogP contribution in [0.5, 0.6) is 0 Å². The van der Waals surface area contributed by atoms with Gasteiger partial charge in [-0.1, -0.05) is 6.07 Å². The zero-order chi connectivity index (χ0) is 15.4. The summed E-state index contributed by atoms with van der Waals surface area (Å²) in [5.74, 6) is -1.08. The number of para-hydroxylation sites is 1. The van der Waals surface area contributed by atoms with Gasteiger partial charge in [0.05, 0.1) is 11.3 Å². The van der Waals surface area contributed by atoms with E-state index in [1.165, 1.54) is 18.2 Å². The minimum atomic E-state index is -1.12. The number of furan rings is 1. The van der Waals surface area contributed by atoms with E-state index in [0.29, 0.717) is 14.9 Å². The van der Waals surface area contributed by atoms with E-state index in [2.05, 4.69) is 37.2 Å². The average Bonchev–Trinajstić information content (AvgIpc) is 2.84. The molecule has 0 spiro atoms. The van der Waals surface area contributed by atoms with Crippen molar-refractivity contribution in [3.63, 3.8) is 0 Å². The fourth-order valence-corrected chi connectivity index (χ4v) is 2.35. The van der Waals surface area contributed by atoms with Gasteiger partial charge in [0.2, 0.25) is 5.91 Å². The molecule has 2 N–H and O–H groups in total. The Balaban J connectivity index is 2.16. The summed E-state index contributed by atoms with van der Waals surface area (Å²) in [4.78, 5) is 23.0. The number of rotatable bonds is 4. The molecule has 0 saturated heterocycles. The van der Waals surface area contributed by atoms with Crippen molar-refractivity contribution in [1.82, 2.24) is 0 Å². The van der Waals surface area contributed by atoms with Crippen LogP contribution in [0.4, 0.5) is 5.69 Å². The Labute approximate surface area is 136 Å². The van der Waals surface area contributed by atoms with Crippen LogP contribution in [0.2, 0.25) is 0 Å². The highest BCUT2D eigenvalue weighted by molar-refractivity contribution is 9.10. The lowest BCUT2D eigenvalue weighted by molar-refractivity contribution is -0.111. The topological polar surface area (TPSA) is 79.5 Å². The Morgan fingerprint density at radius 1 is 1.19 bits per heavy atom. The quantitative estimate of drug-likeness (QED) is 0.736. The lowest BCUT2D eigenvalue weighted by atomic mass is 10.2. The van der Waals surface area contributed by atoms with Crippen molar-refractivity contribution in [1.29, 1.82) is 0 Å². The van der Waals surface area contributed by atoms with Gasteiger partial charge in [-0.15, -0.1) is 0 Å². The predicted molar refractivity (Wildman–Crippen MR) is 85.2 cm³/mol. The van der Waals surface area contributed by atoms with E-state index in [9.17, 15) is 9.59 Å². The van der Waals surface area contributed by atoms with E-state index in [-0.39, 0.29) is 11.3 Å². The van der Waals surface area contributed by atoms with Gasteiger partial charge in [0.25, 0.3) is 0 Å². The Morgan fingerprint density at radius 3 is 2.57 bits per heavy atom. The number of anilines is 1. The number of aromatic carboxylic acids is 1. The van der Waals surface area contributed by atoms with Crippen molar-refractivity contribution < 1.29 is 19.1 Å². The van der Waals surface area contributed by atoms with Gasteiger partial charge in [0.1, 0.15) is 5.76 Å². The molecular formula is C14H9Br2NO4. The van der Waals surface area contributed by atoms with Crippen LogP contribution in [0.15, 0.2) is 50.0 Å². The molecule has 5 nitrogen and oxygen atoms in total. The summed E-state index contributed by atoms with van der Waals surface area (Å²) in [5.41, 5.74) is 0.215. The van der Waals surface area contributed by atoms with Crippen LogP contribution in [0, 0.1) is 0 Å². The number of benzene rings is 1. The van der Waals surface area contributed by atoms with Crippen LogP contribution in [0.3, 0.4) is 0 Å². The number of carbonyl (C=O) groups is 2. The molecule has 108 valence electrons. The summed E-state index contributed by atoms with van der Waals surface area (Å²) in [6, 6.07) is 8.04. The molecule has 0 bridgehead atoms. The fourth-order valence-electron chi connectivity index (χ4n) is 1.57. The molecule has 21 heavy (non-hydrogen) atoms. The number of hydrogen-bond donors (Lipinski definition) is 2. The van der Waals surface area contributed by atoms with Gasteiger partial charge >= 0.3 is 5.97 Å². The Kier molecular flexibility index (Phi) is 4.98. The Hall–Kier alpha value is -1.86. The van der Waals surface area contributed by atoms with Gasteiger partial charge in [0.15, 0.2) is 4.67 Å². The summed E-state index contributed by atoms with van der Waals surface area (Å²) in [6.07, 6.45) is 2.74. The number of nitrogens with one attached hydrogen (secondary N) is 1. The zero-order valence-corrected chi connectivity index (χ0v) is 13.6. The van der Waals surface area contributed by atoms with Gasteiger partial charge in [0, 0.05) is 10.5 Å². The first kappa shape index (κ1) is 15.5. The van der Waals surface area contributed by atoms with Crippen molar-refractivity contribution in [2.45, 2.75) is 0 Å². The minimum Gasteiger partial charge on any atom is -0.478 e. The predicted octanol–water partition coefficient (Wildman–Crippen LogP) is 4.15. The molecule has 1 aromatic carbocycles. The average molecular weight is 415 g/mol. The summed E-state index contributed by atoms with van der Waals surface area (Å²) in [5, 5.41) is 11.6. The van der Waals surface area contributed by atoms with Crippen molar-refractivity contribution in [2.24, 2.45) is 0 Å². The number of halogens is 2. The van der Waals surface area contributed by atoms with Crippen LogP contribution in [-0.4, -0.2) is 17.0 Å². The number of hydrogen-bond acceptors (Lipinski definition) is 3. The molecule has 2 aromatic rings. The molecule has 0 unspecified atom stereocenters. The Morgan fingerprint density at radius 2 is 1.95 bits per heavy atom. The maximum atomic E-state index is 11.9. The number of carbonyl (C=O) groups excluding carboxylic acids is 1. The lowest BCUT2D eigenvalue weighted by Gasteiger charge is -2.08. The molecular weight excluding hydrogens is 406 g/mol. The number of carboxylic acids is 1. The molecule has 1 amide bonds. The van der Waals surface area contributed by atoms with Gasteiger partial charge < -0.3 is 14.8 Å². The minimum absolute atomic E-state index is 0.00636. The lowest BCUT2D eigenvalue weighted by Crippen LogP contribution is -2.12. The monoisotopic (exact) mass is 413 g/mol. The largest absolute Gasteiger partial charge is 0.478 e. The first-order valence-electron chi connectivity index (χ1n) is 5.73. The molecule has 0 aliphatic carbocycles. The number of carboxylic acid groups (broad SMARTS) is 1. The molecule has 0 saturated carbocycles. The van der Waals surface area contributed by atoms with Crippen molar-refractivity contribution in [3.8, 4) is 0 Å². The van der Waals surface area contributed by atoms with Crippen molar-refractivity contribution in [3.05, 3.63) is 56.9 Å². The second-order valence-electron chi connectivity index (χ2n) is 3.93. The maximum Gasteiger partial charge on any atom is 0.337 e. The van der Waals surface area contributed by atoms with E-state index >= 15 is 0 Å². The highest BCUT2D eigenvalue weighted by Gasteiger charge is 2.14. The molecule has 1 heterocycles. The smallest absolute Gasteiger partial charge is 0.337 e. The molecule has 0 fully saturated rings. The number of amides is 1. The Bertz CT molecular complexity index is 722. The van der Waals surface area contributed by atoms with Crippen LogP contribution < -0.4 is 5.32 Å². The summed E-state index contributed by atoms with van der Waals surface area (Å²) < 4.78 is 6.26. The summed E-state index contributed by atoms with van der Waals surface area (Å²) in [7, 11) is 0. The molecule has 2 rings (SSSR count). The first-order chi connectivity index (χ1) is 9.97. The zero-order valence-electron chi connectivity index (χ0n) is 10.5. The normalized spacial score (nSPS) is 10.8. The van der Waals surface area contributed by atoms with E-state index in [1.54, 1.807) is 24.3 Å².